The average molecular weight is 235 g/mol. The second-order valence-corrected chi connectivity index (χ2v) is 4.09. The van der Waals surface area contributed by atoms with Crippen LogP contribution in [0.15, 0.2) is 30.3 Å². The molecular formula is C13H17NO3. The quantitative estimate of drug-likeness (QED) is 0.802. The predicted molar refractivity (Wildman–Crippen MR) is 63.2 cm³/mol. The van der Waals surface area contributed by atoms with Crippen LogP contribution in [0.25, 0.3) is 0 Å². The second kappa shape index (κ2) is 5.80. The number of hydrogen-bond acceptors (Lipinski definition) is 4. The minimum Gasteiger partial charge on any atom is -0.465 e. The van der Waals surface area contributed by atoms with Crippen LogP contribution in [0.3, 0.4) is 0 Å². The SMILES string of the molecule is CCOC(=O)C1CC(Cc2ccccc2)ON1. The maximum absolute atomic E-state index is 11.5. The molecule has 1 heterocycles. The number of ether oxygens (including phenoxy) is 1. The van der Waals surface area contributed by atoms with Gasteiger partial charge in [-0.05, 0) is 12.5 Å². The van der Waals surface area contributed by atoms with E-state index in [1.54, 1.807) is 6.92 Å². The lowest BCUT2D eigenvalue weighted by Crippen LogP contribution is -2.31. The minimum atomic E-state index is -0.330. The van der Waals surface area contributed by atoms with E-state index in [4.69, 9.17) is 9.57 Å². The van der Waals surface area contributed by atoms with E-state index in [9.17, 15) is 4.79 Å². The lowest BCUT2D eigenvalue weighted by molar-refractivity contribution is -0.146. The summed E-state index contributed by atoms with van der Waals surface area (Å²) in [7, 11) is 0. The molecule has 0 radical (unpaired) electrons. The lowest BCUT2D eigenvalue weighted by Gasteiger charge is -2.07. The number of nitrogens with one attached hydrogen (secondary N) is 1. The zero-order valence-corrected chi connectivity index (χ0v) is 9.89. The van der Waals surface area contributed by atoms with Crippen LogP contribution in [0.2, 0.25) is 0 Å². The van der Waals surface area contributed by atoms with Gasteiger partial charge in [0.25, 0.3) is 0 Å². The molecule has 1 aromatic carbocycles. The second-order valence-electron chi connectivity index (χ2n) is 4.09. The summed E-state index contributed by atoms with van der Waals surface area (Å²) >= 11 is 0. The van der Waals surface area contributed by atoms with Crippen molar-refractivity contribution in [3.8, 4) is 0 Å². The van der Waals surface area contributed by atoms with E-state index in [0.29, 0.717) is 13.0 Å². The normalized spacial score (nSPS) is 23.6. The Kier molecular flexibility index (Phi) is 4.12. The van der Waals surface area contributed by atoms with Gasteiger partial charge in [0.05, 0.1) is 12.7 Å². The molecule has 1 aliphatic heterocycles. The molecule has 17 heavy (non-hydrogen) atoms. The first-order chi connectivity index (χ1) is 8.29. The maximum Gasteiger partial charge on any atom is 0.325 e. The highest BCUT2D eigenvalue weighted by Gasteiger charge is 2.31. The first-order valence-electron chi connectivity index (χ1n) is 5.91. The number of esters is 1. The summed E-state index contributed by atoms with van der Waals surface area (Å²) < 4.78 is 4.94. The molecule has 2 atom stereocenters. The van der Waals surface area contributed by atoms with Crippen molar-refractivity contribution in [3.63, 3.8) is 0 Å². The Morgan fingerprint density at radius 1 is 1.47 bits per heavy atom. The fourth-order valence-corrected chi connectivity index (χ4v) is 1.93. The molecule has 1 aliphatic rings. The molecule has 1 aromatic rings. The first-order valence-corrected chi connectivity index (χ1v) is 5.91. The smallest absolute Gasteiger partial charge is 0.325 e. The summed E-state index contributed by atoms with van der Waals surface area (Å²) in [5, 5.41) is 0. The molecule has 0 amide bonds. The fraction of sp³-hybridized carbons (Fsp3) is 0.462. The molecule has 0 spiro atoms. The number of carbonyl (C=O) groups is 1. The minimum absolute atomic E-state index is 0.0341. The van der Waals surface area contributed by atoms with Crippen LogP contribution in [-0.2, 0) is 20.8 Å². The molecular weight excluding hydrogens is 218 g/mol. The van der Waals surface area contributed by atoms with Gasteiger partial charge in [0.1, 0.15) is 6.04 Å². The summed E-state index contributed by atoms with van der Waals surface area (Å²) in [5.41, 5.74) is 3.95. The summed E-state index contributed by atoms with van der Waals surface area (Å²) in [6.07, 6.45) is 1.50. The largest absolute Gasteiger partial charge is 0.465 e. The van der Waals surface area contributed by atoms with Crippen molar-refractivity contribution in [2.75, 3.05) is 6.61 Å². The lowest BCUT2D eigenvalue weighted by atomic mass is 10.0. The van der Waals surface area contributed by atoms with Crippen LogP contribution in [-0.4, -0.2) is 24.7 Å². The number of carbonyl (C=O) groups excluding carboxylic acids is 1. The van der Waals surface area contributed by atoms with Crippen molar-refractivity contribution >= 4 is 5.97 Å². The summed E-state index contributed by atoms with van der Waals surface area (Å²) in [6.45, 7) is 2.20. The van der Waals surface area contributed by atoms with Crippen molar-refractivity contribution in [2.24, 2.45) is 0 Å². The Balaban J connectivity index is 1.84. The van der Waals surface area contributed by atoms with Gasteiger partial charge in [-0.15, -0.1) is 0 Å². The van der Waals surface area contributed by atoms with Crippen LogP contribution >= 0.6 is 0 Å². The Labute approximate surface area is 101 Å². The third-order valence-electron chi connectivity index (χ3n) is 2.75. The van der Waals surface area contributed by atoms with Crippen molar-refractivity contribution in [3.05, 3.63) is 35.9 Å². The molecule has 1 fully saturated rings. The summed E-state index contributed by atoms with van der Waals surface area (Å²) in [4.78, 5) is 16.9. The highest BCUT2D eigenvalue weighted by molar-refractivity contribution is 5.75. The van der Waals surface area contributed by atoms with Crippen LogP contribution < -0.4 is 5.48 Å². The van der Waals surface area contributed by atoms with Crippen LogP contribution in [0, 0.1) is 0 Å². The Morgan fingerprint density at radius 3 is 2.94 bits per heavy atom. The zero-order valence-electron chi connectivity index (χ0n) is 9.89. The summed E-state index contributed by atoms with van der Waals surface area (Å²) in [6, 6.07) is 9.77. The van der Waals surface area contributed by atoms with Crippen molar-refractivity contribution < 1.29 is 14.4 Å². The van der Waals surface area contributed by atoms with E-state index < -0.39 is 0 Å². The highest BCUT2D eigenvalue weighted by atomic mass is 16.7. The van der Waals surface area contributed by atoms with Crippen molar-refractivity contribution in [2.45, 2.75) is 31.9 Å². The van der Waals surface area contributed by atoms with Crippen LogP contribution in [0.4, 0.5) is 0 Å². The maximum atomic E-state index is 11.5. The number of rotatable bonds is 4. The molecule has 92 valence electrons. The fourth-order valence-electron chi connectivity index (χ4n) is 1.93. The Hall–Kier alpha value is -1.39. The zero-order chi connectivity index (χ0) is 12.1. The van der Waals surface area contributed by atoms with E-state index in [1.807, 2.05) is 18.2 Å². The molecule has 1 N–H and O–H groups in total. The van der Waals surface area contributed by atoms with E-state index >= 15 is 0 Å². The number of benzene rings is 1. The highest BCUT2D eigenvalue weighted by Crippen LogP contribution is 2.16. The Morgan fingerprint density at radius 2 is 2.24 bits per heavy atom. The van der Waals surface area contributed by atoms with Crippen LogP contribution in [0.1, 0.15) is 18.9 Å². The van der Waals surface area contributed by atoms with Gasteiger partial charge in [-0.25, -0.2) is 0 Å². The third kappa shape index (κ3) is 3.28. The molecule has 0 aromatic heterocycles. The van der Waals surface area contributed by atoms with Crippen LogP contribution in [0.5, 0.6) is 0 Å². The molecule has 2 unspecified atom stereocenters. The number of hydrogen-bond donors (Lipinski definition) is 1. The average Bonchev–Trinajstić information content (AvgIpc) is 2.79. The summed E-state index contributed by atoms with van der Waals surface area (Å²) in [5.74, 6) is -0.233. The molecule has 0 aliphatic carbocycles. The predicted octanol–water partition coefficient (Wildman–Crippen LogP) is 1.45. The molecule has 4 nitrogen and oxygen atoms in total. The molecule has 1 saturated heterocycles. The monoisotopic (exact) mass is 235 g/mol. The van der Waals surface area contributed by atoms with E-state index in [0.717, 1.165) is 6.42 Å². The van der Waals surface area contributed by atoms with Gasteiger partial charge in [-0.1, -0.05) is 30.3 Å². The van der Waals surface area contributed by atoms with Gasteiger partial charge in [-0.3, -0.25) is 9.63 Å². The third-order valence-corrected chi connectivity index (χ3v) is 2.75. The molecule has 0 saturated carbocycles. The molecule has 4 heteroatoms. The van der Waals surface area contributed by atoms with Crippen molar-refractivity contribution in [1.29, 1.82) is 0 Å². The standard InChI is InChI=1S/C13H17NO3/c1-2-16-13(15)12-9-11(17-14-12)8-10-6-4-3-5-7-10/h3-7,11-12,14H,2,8-9H2,1H3. The Bertz CT molecular complexity index is 366. The van der Waals surface area contributed by atoms with E-state index in [1.165, 1.54) is 5.56 Å². The topological polar surface area (TPSA) is 47.6 Å². The van der Waals surface area contributed by atoms with Gasteiger partial charge >= 0.3 is 5.97 Å². The van der Waals surface area contributed by atoms with Gasteiger partial charge in [0.2, 0.25) is 0 Å². The first kappa shape index (κ1) is 12.1. The van der Waals surface area contributed by atoms with E-state index in [-0.39, 0.29) is 18.1 Å². The number of hydroxylamine groups is 1. The van der Waals surface area contributed by atoms with Gasteiger partial charge < -0.3 is 4.74 Å². The van der Waals surface area contributed by atoms with Crippen molar-refractivity contribution in [1.82, 2.24) is 5.48 Å². The molecule has 0 bridgehead atoms. The van der Waals surface area contributed by atoms with E-state index in [2.05, 4.69) is 17.6 Å². The molecule has 2 rings (SSSR count). The van der Waals surface area contributed by atoms with Gasteiger partial charge in [0, 0.05) is 12.8 Å². The van der Waals surface area contributed by atoms with Gasteiger partial charge in [-0.2, -0.15) is 5.48 Å². The van der Waals surface area contributed by atoms with Gasteiger partial charge in [0.15, 0.2) is 0 Å².